The Morgan fingerprint density at radius 3 is 2.47 bits per heavy atom. The molecule has 0 aliphatic heterocycles. The molecule has 0 bridgehead atoms. The minimum absolute atomic E-state index is 0.262. The molecule has 102 valence electrons. The molecule has 1 amide bonds. The number of aromatic nitrogens is 1. The third-order valence-electron chi connectivity index (χ3n) is 2.97. The highest BCUT2D eigenvalue weighted by Crippen LogP contribution is 2.30. The molecule has 0 aliphatic carbocycles. The van der Waals surface area contributed by atoms with Crippen LogP contribution in [-0.4, -0.2) is 10.9 Å². The summed E-state index contributed by atoms with van der Waals surface area (Å²) in [6.07, 6.45) is 3.54. The van der Waals surface area contributed by atoms with E-state index in [1.807, 2.05) is 13.8 Å². The Labute approximate surface area is 112 Å². The number of hydrogen-bond donors (Lipinski definition) is 1. The summed E-state index contributed by atoms with van der Waals surface area (Å²) in [7, 11) is 0. The molecule has 1 heterocycles. The average Bonchev–Trinajstić information content (AvgIpc) is 2.41. The van der Waals surface area contributed by atoms with Crippen LogP contribution in [0.1, 0.15) is 39.5 Å². The van der Waals surface area contributed by atoms with Crippen molar-refractivity contribution >= 4 is 11.7 Å². The van der Waals surface area contributed by atoms with E-state index >= 15 is 0 Å². The first-order valence-electron chi connectivity index (χ1n) is 6.42. The topological polar surface area (TPSA) is 65.8 Å². The van der Waals surface area contributed by atoms with Gasteiger partial charge in [-0.05, 0) is 25.0 Å². The lowest BCUT2D eigenvalue weighted by Gasteiger charge is -2.24. The van der Waals surface area contributed by atoms with Crippen molar-refractivity contribution in [2.45, 2.75) is 39.5 Å². The quantitative estimate of drug-likeness (QED) is 0.856. The molecule has 1 N–H and O–H groups in total. The molecule has 0 saturated heterocycles. The van der Waals surface area contributed by atoms with E-state index < -0.39 is 11.2 Å². The largest absolute Gasteiger partial charge is 0.309 e. The summed E-state index contributed by atoms with van der Waals surface area (Å²) in [5.74, 6) is -0.567. The smallest absolute Gasteiger partial charge is 0.246 e. The van der Waals surface area contributed by atoms with E-state index in [-0.39, 0.29) is 11.7 Å². The van der Waals surface area contributed by atoms with Gasteiger partial charge in [-0.15, -0.1) is 0 Å². The van der Waals surface area contributed by atoms with Crippen molar-refractivity contribution < 1.29 is 9.18 Å². The number of anilines is 1. The predicted octanol–water partition coefficient (Wildman–Crippen LogP) is 3.27. The van der Waals surface area contributed by atoms with Gasteiger partial charge in [0.1, 0.15) is 17.1 Å². The van der Waals surface area contributed by atoms with Crippen molar-refractivity contribution in [3.8, 4) is 6.07 Å². The molecule has 1 aromatic rings. The zero-order chi connectivity index (χ0) is 14.3. The number of carbonyl (C=O) groups excluding carboxylic acids is 1. The number of nitrogens with zero attached hydrogens (tertiary/aromatic N) is 2. The summed E-state index contributed by atoms with van der Waals surface area (Å²) in [6.45, 7) is 3.87. The Morgan fingerprint density at radius 1 is 1.42 bits per heavy atom. The minimum atomic E-state index is -1.03. The molecule has 0 saturated carbocycles. The standard InChI is InChI=1S/C14H18FN3O/c1-3-7-14(10-16,8-4-2)13(19)18-12-6-5-11(15)9-17-12/h5-6,9H,3-4,7-8H2,1-2H3,(H,17,18,19). The van der Waals surface area contributed by atoms with Gasteiger partial charge in [0.05, 0.1) is 12.3 Å². The molecule has 4 nitrogen and oxygen atoms in total. The van der Waals surface area contributed by atoms with Crippen LogP contribution in [-0.2, 0) is 4.79 Å². The van der Waals surface area contributed by atoms with Crippen molar-refractivity contribution in [3.05, 3.63) is 24.1 Å². The van der Waals surface area contributed by atoms with Crippen molar-refractivity contribution in [3.63, 3.8) is 0 Å². The van der Waals surface area contributed by atoms with Gasteiger partial charge in [0.2, 0.25) is 5.91 Å². The van der Waals surface area contributed by atoms with Crippen LogP contribution < -0.4 is 5.32 Å². The van der Waals surface area contributed by atoms with E-state index in [0.717, 1.165) is 19.0 Å². The van der Waals surface area contributed by atoms with Crippen LogP contribution in [0.5, 0.6) is 0 Å². The number of amides is 1. The molecule has 0 spiro atoms. The lowest BCUT2D eigenvalue weighted by molar-refractivity contribution is -0.123. The number of nitriles is 1. The second kappa shape index (κ2) is 6.83. The molecule has 0 aliphatic rings. The zero-order valence-corrected chi connectivity index (χ0v) is 11.2. The molecule has 0 fully saturated rings. The van der Waals surface area contributed by atoms with Crippen molar-refractivity contribution in [2.24, 2.45) is 5.41 Å². The van der Waals surface area contributed by atoms with Crippen LogP contribution >= 0.6 is 0 Å². The second-order valence-corrected chi connectivity index (χ2v) is 4.51. The van der Waals surface area contributed by atoms with E-state index in [4.69, 9.17) is 0 Å². The molecule has 19 heavy (non-hydrogen) atoms. The molecule has 1 rings (SSSR count). The van der Waals surface area contributed by atoms with E-state index in [1.54, 1.807) is 0 Å². The van der Waals surface area contributed by atoms with Gasteiger partial charge in [-0.1, -0.05) is 26.7 Å². The molecule has 0 atom stereocenters. The molecular formula is C14H18FN3O. The maximum absolute atomic E-state index is 12.7. The van der Waals surface area contributed by atoms with Crippen LogP contribution in [0, 0.1) is 22.6 Å². The van der Waals surface area contributed by atoms with Crippen molar-refractivity contribution in [2.75, 3.05) is 5.32 Å². The summed E-state index contributed by atoms with van der Waals surface area (Å²) in [4.78, 5) is 16.0. The Morgan fingerprint density at radius 2 is 2.05 bits per heavy atom. The highest BCUT2D eigenvalue weighted by atomic mass is 19.1. The van der Waals surface area contributed by atoms with Gasteiger partial charge in [0.15, 0.2) is 0 Å². The van der Waals surface area contributed by atoms with Crippen LogP contribution in [0.3, 0.4) is 0 Å². The second-order valence-electron chi connectivity index (χ2n) is 4.51. The summed E-state index contributed by atoms with van der Waals surface area (Å²) in [6, 6.07) is 4.74. The Kier molecular flexibility index (Phi) is 5.43. The number of nitrogens with one attached hydrogen (secondary N) is 1. The van der Waals surface area contributed by atoms with E-state index in [1.165, 1.54) is 12.1 Å². The Hall–Kier alpha value is -1.96. The van der Waals surface area contributed by atoms with Gasteiger partial charge in [0.25, 0.3) is 0 Å². The van der Waals surface area contributed by atoms with Gasteiger partial charge in [-0.25, -0.2) is 9.37 Å². The fourth-order valence-corrected chi connectivity index (χ4v) is 2.05. The van der Waals surface area contributed by atoms with Gasteiger partial charge in [-0.2, -0.15) is 5.26 Å². The van der Waals surface area contributed by atoms with E-state index in [9.17, 15) is 14.4 Å². The fourth-order valence-electron chi connectivity index (χ4n) is 2.05. The molecular weight excluding hydrogens is 245 g/mol. The Bertz CT molecular complexity index is 459. The van der Waals surface area contributed by atoms with E-state index in [0.29, 0.717) is 12.8 Å². The average molecular weight is 263 g/mol. The number of carbonyl (C=O) groups is 1. The number of pyridine rings is 1. The first-order valence-corrected chi connectivity index (χ1v) is 6.42. The molecule has 0 aromatic carbocycles. The summed E-state index contributed by atoms with van der Waals surface area (Å²) in [5, 5.41) is 11.9. The number of hydrogen-bond acceptors (Lipinski definition) is 3. The monoisotopic (exact) mass is 263 g/mol. The fraction of sp³-hybridized carbons (Fsp3) is 0.500. The van der Waals surface area contributed by atoms with Crippen molar-refractivity contribution in [1.29, 1.82) is 5.26 Å². The lowest BCUT2D eigenvalue weighted by Crippen LogP contribution is -2.35. The van der Waals surface area contributed by atoms with Gasteiger partial charge >= 0.3 is 0 Å². The highest BCUT2D eigenvalue weighted by molar-refractivity contribution is 5.96. The van der Waals surface area contributed by atoms with Crippen LogP contribution in [0.4, 0.5) is 10.2 Å². The third-order valence-corrected chi connectivity index (χ3v) is 2.97. The Balaban J connectivity index is 2.88. The SMILES string of the molecule is CCCC(C#N)(CCC)C(=O)Nc1ccc(F)cn1. The molecule has 0 unspecified atom stereocenters. The van der Waals surface area contributed by atoms with Crippen LogP contribution in [0.25, 0.3) is 0 Å². The third kappa shape index (κ3) is 3.75. The van der Waals surface area contributed by atoms with Crippen LogP contribution in [0.15, 0.2) is 18.3 Å². The molecule has 1 aromatic heterocycles. The summed E-state index contributed by atoms with van der Waals surface area (Å²) < 4.78 is 12.7. The minimum Gasteiger partial charge on any atom is -0.309 e. The zero-order valence-electron chi connectivity index (χ0n) is 11.2. The maximum Gasteiger partial charge on any atom is 0.246 e. The van der Waals surface area contributed by atoms with Gasteiger partial charge < -0.3 is 5.32 Å². The van der Waals surface area contributed by atoms with Crippen LogP contribution in [0.2, 0.25) is 0 Å². The first kappa shape index (κ1) is 15.1. The maximum atomic E-state index is 12.7. The predicted molar refractivity (Wildman–Crippen MR) is 70.7 cm³/mol. The normalized spacial score (nSPS) is 10.8. The molecule has 0 radical (unpaired) electrons. The molecule has 5 heteroatoms. The number of rotatable bonds is 6. The number of halogens is 1. The van der Waals surface area contributed by atoms with Gasteiger partial charge in [-0.3, -0.25) is 4.79 Å². The first-order chi connectivity index (χ1) is 9.07. The summed E-state index contributed by atoms with van der Waals surface area (Å²) in [5.41, 5.74) is -1.03. The lowest BCUT2D eigenvalue weighted by atomic mass is 9.80. The van der Waals surface area contributed by atoms with Crippen molar-refractivity contribution in [1.82, 2.24) is 4.98 Å². The van der Waals surface area contributed by atoms with E-state index in [2.05, 4.69) is 16.4 Å². The van der Waals surface area contributed by atoms with Gasteiger partial charge in [0, 0.05) is 0 Å². The highest BCUT2D eigenvalue weighted by Gasteiger charge is 2.37. The summed E-state index contributed by atoms with van der Waals surface area (Å²) >= 11 is 0.